The molecule has 16 heavy (non-hydrogen) atoms. The molecule has 1 aliphatic carbocycles. The second-order valence-electron chi connectivity index (χ2n) is 4.67. The fraction of sp³-hybridized carbons (Fsp3) is 0.818. The fourth-order valence-corrected chi connectivity index (χ4v) is 1.52. The second-order valence-corrected chi connectivity index (χ2v) is 4.67. The Morgan fingerprint density at radius 1 is 1.38 bits per heavy atom. The number of aliphatic carboxylic acids is 1. The molecule has 0 aliphatic heterocycles. The van der Waals surface area contributed by atoms with E-state index in [9.17, 15) is 9.59 Å². The van der Waals surface area contributed by atoms with Crippen molar-refractivity contribution in [2.75, 3.05) is 6.54 Å². The number of carbonyl (C=O) groups is 2. The first-order chi connectivity index (χ1) is 7.49. The van der Waals surface area contributed by atoms with Crippen molar-refractivity contribution in [2.45, 2.75) is 39.2 Å². The van der Waals surface area contributed by atoms with Gasteiger partial charge in [-0.15, -0.1) is 0 Å². The minimum absolute atomic E-state index is 0.160. The highest BCUT2D eigenvalue weighted by Crippen LogP contribution is 2.33. The molecule has 92 valence electrons. The molecule has 1 saturated carbocycles. The third-order valence-electron chi connectivity index (χ3n) is 2.75. The van der Waals surface area contributed by atoms with Crippen molar-refractivity contribution in [3.63, 3.8) is 0 Å². The Kier molecular flexibility index (Phi) is 4.58. The van der Waals surface area contributed by atoms with Crippen molar-refractivity contribution in [1.82, 2.24) is 10.6 Å². The van der Waals surface area contributed by atoms with Gasteiger partial charge < -0.3 is 15.7 Å². The normalized spacial score (nSPS) is 18.6. The highest BCUT2D eigenvalue weighted by Gasteiger charge is 2.24. The van der Waals surface area contributed by atoms with Gasteiger partial charge in [0.15, 0.2) is 0 Å². The number of hydrogen-bond acceptors (Lipinski definition) is 2. The zero-order valence-electron chi connectivity index (χ0n) is 9.82. The van der Waals surface area contributed by atoms with Gasteiger partial charge >= 0.3 is 12.0 Å². The van der Waals surface area contributed by atoms with E-state index < -0.39 is 11.9 Å². The molecule has 3 N–H and O–H groups in total. The summed E-state index contributed by atoms with van der Waals surface area (Å²) in [6.07, 6.45) is 3.55. The molecule has 5 heteroatoms. The largest absolute Gasteiger partial charge is 0.481 e. The molecule has 0 aromatic carbocycles. The Bertz CT molecular complexity index is 264. The lowest BCUT2D eigenvalue weighted by molar-refractivity contribution is -0.140. The lowest BCUT2D eigenvalue weighted by atomic mass is 10.1. The van der Waals surface area contributed by atoms with Crippen LogP contribution in [0.3, 0.4) is 0 Å². The molecule has 2 unspecified atom stereocenters. The molecule has 0 aromatic rings. The molecule has 0 bridgehead atoms. The van der Waals surface area contributed by atoms with Gasteiger partial charge in [-0.25, -0.2) is 4.79 Å². The summed E-state index contributed by atoms with van der Waals surface area (Å²) in [5.74, 6) is -0.677. The van der Waals surface area contributed by atoms with Gasteiger partial charge in [-0.1, -0.05) is 19.8 Å². The maximum absolute atomic E-state index is 11.4. The van der Waals surface area contributed by atoms with Gasteiger partial charge in [0, 0.05) is 12.6 Å². The van der Waals surface area contributed by atoms with Crippen LogP contribution in [0.4, 0.5) is 4.79 Å². The lowest BCUT2D eigenvalue weighted by Crippen LogP contribution is -2.43. The Morgan fingerprint density at radius 2 is 2.00 bits per heavy atom. The van der Waals surface area contributed by atoms with Crippen LogP contribution in [0.15, 0.2) is 0 Å². The summed E-state index contributed by atoms with van der Waals surface area (Å²) in [6, 6.07) is -0.117. The summed E-state index contributed by atoms with van der Waals surface area (Å²) in [4.78, 5) is 21.9. The highest BCUT2D eigenvalue weighted by atomic mass is 16.4. The molecule has 0 aromatic heterocycles. The van der Waals surface area contributed by atoms with Crippen LogP contribution in [0, 0.1) is 11.8 Å². The van der Waals surface area contributed by atoms with E-state index in [0.717, 1.165) is 12.3 Å². The first kappa shape index (κ1) is 12.8. The Balaban J connectivity index is 2.11. The van der Waals surface area contributed by atoms with Gasteiger partial charge in [-0.2, -0.15) is 0 Å². The molecular formula is C11H20N2O3. The Hall–Kier alpha value is -1.26. The van der Waals surface area contributed by atoms with Crippen LogP contribution in [0.1, 0.15) is 33.1 Å². The lowest BCUT2D eigenvalue weighted by Gasteiger charge is -2.15. The summed E-state index contributed by atoms with van der Waals surface area (Å²) >= 11 is 0. The van der Waals surface area contributed by atoms with Gasteiger partial charge in [0.05, 0.1) is 5.92 Å². The molecular weight excluding hydrogens is 208 g/mol. The smallest absolute Gasteiger partial charge is 0.315 e. The van der Waals surface area contributed by atoms with Gasteiger partial charge in [-0.3, -0.25) is 4.79 Å². The predicted octanol–water partition coefficient (Wildman–Crippen LogP) is 1.19. The van der Waals surface area contributed by atoms with Crippen molar-refractivity contribution in [3.05, 3.63) is 0 Å². The van der Waals surface area contributed by atoms with E-state index in [0.29, 0.717) is 0 Å². The molecule has 0 saturated heterocycles. The Morgan fingerprint density at radius 3 is 2.50 bits per heavy atom. The van der Waals surface area contributed by atoms with Gasteiger partial charge in [0.25, 0.3) is 0 Å². The quantitative estimate of drug-likeness (QED) is 0.639. The maximum atomic E-state index is 11.4. The first-order valence-corrected chi connectivity index (χ1v) is 5.76. The monoisotopic (exact) mass is 228 g/mol. The molecule has 2 atom stereocenters. The minimum Gasteiger partial charge on any atom is -0.481 e. The topological polar surface area (TPSA) is 78.4 Å². The number of rotatable bonds is 6. The standard InChI is InChI=1S/C11H20N2O3/c1-7(10(14)15)6-12-11(16)13-8(2)5-9-3-4-9/h7-9H,3-6H2,1-2H3,(H,14,15)(H2,12,13,16). The fourth-order valence-electron chi connectivity index (χ4n) is 1.52. The number of carboxylic acids is 1. The van der Waals surface area contributed by atoms with E-state index in [-0.39, 0.29) is 18.6 Å². The number of carbonyl (C=O) groups excluding carboxylic acids is 1. The molecule has 0 spiro atoms. The average Bonchev–Trinajstić information content (AvgIpc) is 2.97. The summed E-state index contributed by atoms with van der Waals surface area (Å²) in [5.41, 5.74) is 0. The second kappa shape index (κ2) is 5.72. The van der Waals surface area contributed by atoms with E-state index in [2.05, 4.69) is 10.6 Å². The van der Waals surface area contributed by atoms with Crippen LogP contribution in [0.5, 0.6) is 0 Å². The Labute approximate surface area is 95.6 Å². The first-order valence-electron chi connectivity index (χ1n) is 5.76. The van der Waals surface area contributed by atoms with Crippen LogP contribution in [-0.2, 0) is 4.79 Å². The number of carboxylic acid groups (broad SMARTS) is 1. The van der Waals surface area contributed by atoms with Crippen LogP contribution in [0.2, 0.25) is 0 Å². The van der Waals surface area contributed by atoms with Crippen LogP contribution in [-0.4, -0.2) is 29.7 Å². The molecule has 5 nitrogen and oxygen atoms in total. The highest BCUT2D eigenvalue weighted by molar-refractivity contribution is 5.75. The SMILES string of the molecule is CC(CC1CC1)NC(=O)NCC(C)C(=O)O. The van der Waals surface area contributed by atoms with E-state index in [1.807, 2.05) is 6.92 Å². The third-order valence-corrected chi connectivity index (χ3v) is 2.75. The molecule has 1 fully saturated rings. The number of urea groups is 1. The molecule has 1 rings (SSSR count). The summed E-state index contributed by atoms with van der Waals surface area (Å²) in [6.45, 7) is 3.70. The molecule has 1 aliphatic rings. The third kappa shape index (κ3) is 5.00. The van der Waals surface area contributed by atoms with Crippen molar-refractivity contribution in [3.8, 4) is 0 Å². The van der Waals surface area contributed by atoms with Crippen molar-refractivity contribution >= 4 is 12.0 Å². The van der Waals surface area contributed by atoms with Crippen molar-refractivity contribution in [1.29, 1.82) is 0 Å². The van der Waals surface area contributed by atoms with Gasteiger partial charge in [0.1, 0.15) is 0 Å². The maximum Gasteiger partial charge on any atom is 0.315 e. The van der Waals surface area contributed by atoms with Crippen molar-refractivity contribution < 1.29 is 14.7 Å². The van der Waals surface area contributed by atoms with Gasteiger partial charge in [0.2, 0.25) is 0 Å². The summed E-state index contributed by atoms with van der Waals surface area (Å²) < 4.78 is 0. The molecule has 2 amide bonds. The summed E-state index contributed by atoms with van der Waals surface area (Å²) in [5, 5.41) is 14.0. The van der Waals surface area contributed by atoms with Crippen molar-refractivity contribution in [2.24, 2.45) is 11.8 Å². The van der Waals surface area contributed by atoms with Gasteiger partial charge in [-0.05, 0) is 19.3 Å². The molecule has 0 heterocycles. The van der Waals surface area contributed by atoms with E-state index in [4.69, 9.17) is 5.11 Å². The van der Waals surface area contributed by atoms with E-state index in [1.165, 1.54) is 12.8 Å². The van der Waals surface area contributed by atoms with Crippen LogP contribution < -0.4 is 10.6 Å². The van der Waals surface area contributed by atoms with Crippen LogP contribution >= 0.6 is 0 Å². The zero-order chi connectivity index (χ0) is 12.1. The van der Waals surface area contributed by atoms with Crippen LogP contribution in [0.25, 0.3) is 0 Å². The zero-order valence-corrected chi connectivity index (χ0v) is 9.82. The van der Waals surface area contributed by atoms with E-state index in [1.54, 1.807) is 6.92 Å². The average molecular weight is 228 g/mol. The number of hydrogen-bond donors (Lipinski definition) is 3. The summed E-state index contributed by atoms with van der Waals surface area (Å²) in [7, 11) is 0. The number of amides is 2. The minimum atomic E-state index is -0.897. The predicted molar refractivity (Wildman–Crippen MR) is 60.1 cm³/mol. The molecule has 0 radical (unpaired) electrons. The van der Waals surface area contributed by atoms with E-state index >= 15 is 0 Å². The number of nitrogens with one attached hydrogen (secondary N) is 2.